The van der Waals surface area contributed by atoms with Crippen molar-refractivity contribution in [2.24, 2.45) is 0 Å². The van der Waals surface area contributed by atoms with Crippen LogP contribution in [0.3, 0.4) is 0 Å². The number of fused-ring (bicyclic) bond motifs is 1. The molecule has 104 valence electrons. The Morgan fingerprint density at radius 1 is 1.24 bits per heavy atom. The van der Waals surface area contributed by atoms with Gasteiger partial charge in [0.05, 0.1) is 16.5 Å². The maximum atomic E-state index is 9.25. The molecule has 0 saturated carbocycles. The molecule has 21 heavy (non-hydrogen) atoms. The summed E-state index contributed by atoms with van der Waals surface area (Å²) in [4.78, 5) is 4.59. The normalized spacial score (nSPS) is 12.3. The largest absolute Gasteiger partial charge is 0.295 e. The Balaban J connectivity index is 2.37. The van der Waals surface area contributed by atoms with Gasteiger partial charge in [0.25, 0.3) is 0 Å². The van der Waals surface area contributed by atoms with Crippen molar-refractivity contribution in [3.8, 4) is 11.8 Å². The van der Waals surface area contributed by atoms with Gasteiger partial charge in [-0.2, -0.15) is 5.26 Å². The second-order valence-corrected chi connectivity index (χ2v) is 6.58. The molecule has 0 fully saturated rings. The molecule has 0 aliphatic rings. The summed E-state index contributed by atoms with van der Waals surface area (Å²) in [5.41, 5.74) is 3.16. The minimum absolute atomic E-state index is 0.247. The molecule has 3 rings (SSSR count). The van der Waals surface area contributed by atoms with E-state index in [9.17, 15) is 5.26 Å². The average Bonchev–Trinajstić information content (AvgIpc) is 2.87. The Bertz CT molecular complexity index is 844. The van der Waals surface area contributed by atoms with E-state index in [-0.39, 0.29) is 5.38 Å². The third-order valence-corrected chi connectivity index (χ3v) is 4.19. The number of hydrogen-bond acceptors (Lipinski definition) is 2. The highest BCUT2D eigenvalue weighted by Gasteiger charge is 2.18. The number of rotatable bonds is 2. The number of alkyl halides is 1. The highest BCUT2D eigenvalue weighted by Crippen LogP contribution is 2.29. The van der Waals surface area contributed by atoms with Gasteiger partial charge in [-0.25, -0.2) is 4.98 Å². The van der Waals surface area contributed by atoms with E-state index in [0.29, 0.717) is 11.1 Å². The van der Waals surface area contributed by atoms with E-state index in [1.54, 1.807) is 6.07 Å². The minimum atomic E-state index is -0.247. The summed E-state index contributed by atoms with van der Waals surface area (Å²) in [5, 5.41) is 9.00. The third-order valence-electron chi connectivity index (χ3n) is 3.27. The van der Waals surface area contributed by atoms with E-state index in [0.717, 1.165) is 17.0 Å². The van der Waals surface area contributed by atoms with Crippen molar-refractivity contribution >= 4 is 45.2 Å². The highest BCUT2D eigenvalue weighted by molar-refractivity contribution is 14.1. The molecule has 0 spiro atoms. The number of benzene rings is 2. The van der Waals surface area contributed by atoms with E-state index < -0.39 is 0 Å². The third kappa shape index (κ3) is 2.52. The van der Waals surface area contributed by atoms with Gasteiger partial charge in [0.15, 0.2) is 0 Å². The van der Waals surface area contributed by atoms with Gasteiger partial charge >= 0.3 is 0 Å². The number of nitrogens with zero attached hydrogens (tertiary/aromatic N) is 3. The number of aromatic nitrogens is 2. The van der Waals surface area contributed by atoms with Crippen LogP contribution in [0.25, 0.3) is 16.7 Å². The summed E-state index contributed by atoms with van der Waals surface area (Å²) in [5.74, 6) is 0.746. The Morgan fingerprint density at radius 3 is 2.57 bits per heavy atom. The van der Waals surface area contributed by atoms with Crippen LogP contribution in [-0.4, -0.2) is 9.55 Å². The molecule has 0 radical (unpaired) electrons. The molecule has 2 aromatic carbocycles. The van der Waals surface area contributed by atoms with Crippen LogP contribution < -0.4 is 0 Å². The van der Waals surface area contributed by atoms with Gasteiger partial charge < -0.3 is 0 Å². The summed E-state index contributed by atoms with van der Waals surface area (Å²) in [6.07, 6.45) is 0. The molecule has 1 heterocycles. The molecule has 3 aromatic rings. The quantitative estimate of drug-likeness (QED) is 0.452. The van der Waals surface area contributed by atoms with E-state index in [4.69, 9.17) is 11.6 Å². The molecular formula is C16H11ClIN3. The van der Waals surface area contributed by atoms with Crippen LogP contribution in [0.2, 0.25) is 0 Å². The van der Waals surface area contributed by atoms with Crippen LogP contribution in [0.1, 0.15) is 23.7 Å². The van der Waals surface area contributed by atoms with Crippen molar-refractivity contribution in [2.45, 2.75) is 12.3 Å². The van der Waals surface area contributed by atoms with Crippen LogP contribution in [-0.2, 0) is 0 Å². The molecular weight excluding hydrogens is 397 g/mol. The molecule has 0 aliphatic carbocycles. The van der Waals surface area contributed by atoms with Gasteiger partial charge in [-0.15, -0.1) is 11.6 Å². The van der Waals surface area contributed by atoms with Gasteiger partial charge in [-0.05, 0) is 65.9 Å². The zero-order valence-corrected chi connectivity index (χ0v) is 14.1. The lowest BCUT2D eigenvalue weighted by Crippen LogP contribution is -2.01. The van der Waals surface area contributed by atoms with E-state index in [1.807, 2.05) is 47.9 Å². The summed E-state index contributed by atoms with van der Waals surface area (Å²) >= 11 is 8.56. The Morgan fingerprint density at radius 2 is 1.95 bits per heavy atom. The number of hydrogen-bond donors (Lipinski definition) is 0. The van der Waals surface area contributed by atoms with E-state index >= 15 is 0 Å². The summed E-state index contributed by atoms with van der Waals surface area (Å²) in [7, 11) is 0. The van der Waals surface area contributed by atoms with Crippen LogP contribution in [0, 0.1) is 14.9 Å². The Labute approximate surface area is 141 Å². The van der Waals surface area contributed by atoms with Gasteiger partial charge in [0.2, 0.25) is 0 Å². The molecule has 5 heteroatoms. The minimum Gasteiger partial charge on any atom is -0.295 e. The molecule has 3 nitrogen and oxygen atoms in total. The van der Waals surface area contributed by atoms with Gasteiger partial charge in [-0.3, -0.25) is 4.57 Å². The Kier molecular flexibility index (Phi) is 3.87. The first kappa shape index (κ1) is 14.4. The fourth-order valence-electron chi connectivity index (χ4n) is 2.34. The van der Waals surface area contributed by atoms with Gasteiger partial charge in [0, 0.05) is 9.26 Å². The zero-order chi connectivity index (χ0) is 15.0. The SMILES string of the molecule is CC(Cl)c1nc2c(C#N)cccc2n1-c1ccc(I)cc1. The fraction of sp³-hybridized carbons (Fsp3) is 0.125. The molecule has 0 aliphatic heterocycles. The van der Waals surface area contributed by atoms with Crippen molar-refractivity contribution in [1.29, 1.82) is 5.26 Å². The highest BCUT2D eigenvalue weighted by atomic mass is 127. The smallest absolute Gasteiger partial charge is 0.132 e. The first-order chi connectivity index (χ1) is 10.1. The van der Waals surface area contributed by atoms with Crippen LogP contribution in [0.4, 0.5) is 0 Å². The van der Waals surface area contributed by atoms with E-state index in [2.05, 4.69) is 33.6 Å². The molecule has 1 aromatic heterocycles. The maximum absolute atomic E-state index is 9.25. The number of halogens is 2. The summed E-state index contributed by atoms with van der Waals surface area (Å²) in [6.45, 7) is 1.89. The summed E-state index contributed by atoms with van der Waals surface area (Å²) in [6, 6.07) is 15.9. The molecule has 0 N–H and O–H groups in total. The number of imidazole rings is 1. The molecule has 0 bridgehead atoms. The second kappa shape index (κ2) is 5.66. The predicted octanol–water partition coefficient (Wildman–Crippen LogP) is 4.80. The van der Waals surface area contributed by atoms with Crippen molar-refractivity contribution in [3.05, 3.63) is 57.4 Å². The monoisotopic (exact) mass is 407 g/mol. The number of nitriles is 1. The number of para-hydroxylation sites is 1. The van der Waals surface area contributed by atoms with Crippen LogP contribution in [0.15, 0.2) is 42.5 Å². The lowest BCUT2D eigenvalue weighted by atomic mass is 10.2. The first-order valence-electron chi connectivity index (χ1n) is 6.43. The fourth-order valence-corrected chi connectivity index (χ4v) is 2.84. The van der Waals surface area contributed by atoms with Crippen molar-refractivity contribution < 1.29 is 0 Å². The lowest BCUT2D eigenvalue weighted by Gasteiger charge is -2.10. The molecule has 1 atom stereocenters. The van der Waals surface area contributed by atoms with Crippen molar-refractivity contribution in [3.63, 3.8) is 0 Å². The van der Waals surface area contributed by atoms with Gasteiger partial charge in [-0.1, -0.05) is 6.07 Å². The maximum Gasteiger partial charge on any atom is 0.132 e. The molecule has 0 amide bonds. The Hall–Kier alpha value is -1.58. The summed E-state index contributed by atoms with van der Waals surface area (Å²) < 4.78 is 3.18. The van der Waals surface area contributed by atoms with Gasteiger partial charge in [0.1, 0.15) is 17.4 Å². The van der Waals surface area contributed by atoms with Crippen LogP contribution in [0.5, 0.6) is 0 Å². The lowest BCUT2D eigenvalue weighted by molar-refractivity contribution is 0.882. The van der Waals surface area contributed by atoms with E-state index in [1.165, 1.54) is 3.57 Å². The zero-order valence-electron chi connectivity index (χ0n) is 11.2. The second-order valence-electron chi connectivity index (χ2n) is 4.68. The van der Waals surface area contributed by atoms with Crippen LogP contribution >= 0.6 is 34.2 Å². The van der Waals surface area contributed by atoms with Crippen molar-refractivity contribution in [2.75, 3.05) is 0 Å². The molecule has 0 saturated heterocycles. The topological polar surface area (TPSA) is 41.6 Å². The first-order valence-corrected chi connectivity index (χ1v) is 7.95. The predicted molar refractivity (Wildman–Crippen MR) is 92.8 cm³/mol. The standard InChI is InChI=1S/C16H11ClIN3/c1-10(17)16-20-15-11(9-19)3-2-4-14(15)21(16)13-7-5-12(18)6-8-13/h2-8,10H,1H3. The average molecular weight is 408 g/mol. The molecule has 1 unspecified atom stereocenters. The van der Waals surface area contributed by atoms with Crippen molar-refractivity contribution in [1.82, 2.24) is 9.55 Å².